The molecular formula is C19H34N2. The Kier molecular flexibility index (Phi) is 7.98. The Morgan fingerprint density at radius 2 is 1.48 bits per heavy atom. The van der Waals surface area contributed by atoms with Crippen LogP contribution in [0.5, 0.6) is 0 Å². The SMILES string of the molecule is CCC(CC)CN(CC)C(CN)c1ccc(C(C)C)cc1. The van der Waals surface area contributed by atoms with Gasteiger partial charge < -0.3 is 5.73 Å². The number of benzene rings is 1. The highest BCUT2D eigenvalue weighted by Crippen LogP contribution is 2.24. The Morgan fingerprint density at radius 1 is 0.952 bits per heavy atom. The average molecular weight is 290 g/mol. The van der Waals surface area contributed by atoms with E-state index in [0.29, 0.717) is 18.5 Å². The lowest BCUT2D eigenvalue weighted by Crippen LogP contribution is -2.37. The number of hydrogen-bond acceptors (Lipinski definition) is 2. The fourth-order valence-corrected chi connectivity index (χ4v) is 2.95. The van der Waals surface area contributed by atoms with E-state index in [-0.39, 0.29) is 0 Å². The number of rotatable bonds is 9. The van der Waals surface area contributed by atoms with Crippen molar-refractivity contribution in [3.8, 4) is 0 Å². The van der Waals surface area contributed by atoms with Gasteiger partial charge >= 0.3 is 0 Å². The van der Waals surface area contributed by atoms with Crippen molar-refractivity contribution in [3.05, 3.63) is 35.4 Å². The monoisotopic (exact) mass is 290 g/mol. The van der Waals surface area contributed by atoms with Crippen LogP contribution in [-0.2, 0) is 0 Å². The fourth-order valence-electron chi connectivity index (χ4n) is 2.95. The fraction of sp³-hybridized carbons (Fsp3) is 0.684. The first-order chi connectivity index (χ1) is 10.1. The lowest BCUT2D eigenvalue weighted by Gasteiger charge is -2.33. The standard InChI is InChI=1S/C19H34N2/c1-6-16(7-2)14-21(8-3)19(13-20)18-11-9-17(10-12-18)15(4)5/h9-12,15-16,19H,6-8,13-14,20H2,1-5H3. The van der Waals surface area contributed by atoms with Gasteiger partial charge in [-0.05, 0) is 29.5 Å². The summed E-state index contributed by atoms with van der Waals surface area (Å²) >= 11 is 0. The van der Waals surface area contributed by atoms with Crippen molar-refractivity contribution in [2.45, 2.75) is 59.4 Å². The summed E-state index contributed by atoms with van der Waals surface area (Å²) in [6.45, 7) is 14.2. The largest absolute Gasteiger partial charge is 0.329 e. The van der Waals surface area contributed by atoms with E-state index in [1.165, 1.54) is 24.0 Å². The molecule has 1 unspecified atom stereocenters. The van der Waals surface area contributed by atoms with Crippen LogP contribution < -0.4 is 5.73 Å². The summed E-state index contributed by atoms with van der Waals surface area (Å²) in [5, 5.41) is 0. The second kappa shape index (κ2) is 9.22. The van der Waals surface area contributed by atoms with Crippen LogP contribution in [0.3, 0.4) is 0 Å². The van der Waals surface area contributed by atoms with Crippen LogP contribution in [0.15, 0.2) is 24.3 Å². The van der Waals surface area contributed by atoms with Crippen LogP contribution in [0.4, 0.5) is 0 Å². The van der Waals surface area contributed by atoms with Gasteiger partial charge in [-0.2, -0.15) is 0 Å². The quantitative estimate of drug-likeness (QED) is 0.722. The second-order valence-electron chi connectivity index (χ2n) is 6.34. The summed E-state index contributed by atoms with van der Waals surface area (Å²) < 4.78 is 0. The van der Waals surface area contributed by atoms with Gasteiger partial charge in [-0.1, -0.05) is 71.7 Å². The summed E-state index contributed by atoms with van der Waals surface area (Å²) in [5.74, 6) is 1.36. The van der Waals surface area contributed by atoms with Gasteiger partial charge in [0.1, 0.15) is 0 Å². The van der Waals surface area contributed by atoms with E-state index in [1.54, 1.807) is 0 Å². The van der Waals surface area contributed by atoms with Gasteiger partial charge in [0.2, 0.25) is 0 Å². The topological polar surface area (TPSA) is 29.3 Å². The molecule has 0 bridgehead atoms. The van der Waals surface area contributed by atoms with E-state index < -0.39 is 0 Å². The van der Waals surface area contributed by atoms with E-state index >= 15 is 0 Å². The zero-order chi connectivity index (χ0) is 15.8. The third-order valence-electron chi connectivity index (χ3n) is 4.71. The van der Waals surface area contributed by atoms with E-state index in [9.17, 15) is 0 Å². The number of likely N-dealkylation sites (N-methyl/N-ethyl adjacent to an activating group) is 1. The molecule has 1 aromatic rings. The van der Waals surface area contributed by atoms with Crippen molar-refractivity contribution in [2.75, 3.05) is 19.6 Å². The molecule has 2 nitrogen and oxygen atoms in total. The molecule has 0 amide bonds. The van der Waals surface area contributed by atoms with E-state index in [0.717, 1.165) is 19.0 Å². The predicted molar refractivity (Wildman–Crippen MR) is 93.6 cm³/mol. The van der Waals surface area contributed by atoms with E-state index in [4.69, 9.17) is 5.73 Å². The van der Waals surface area contributed by atoms with Gasteiger partial charge in [-0.25, -0.2) is 0 Å². The Labute approximate surface area is 131 Å². The molecule has 120 valence electrons. The third kappa shape index (κ3) is 5.12. The maximum atomic E-state index is 6.10. The van der Waals surface area contributed by atoms with Crippen molar-refractivity contribution in [2.24, 2.45) is 11.7 Å². The average Bonchev–Trinajstić information content (AvgIpc) is 2.51. The highest BCUT2D eigenvalue weighted by Gasteiger charge is 2.20. The van der Waals surface area contributed by atoms with Gasteiger partial charge in [0.05, 0.1) is 0 Å². The Bertz CT molecular complexity index is 379. The van der Waals surface area contributed by atoms with Gasteiger partial charge in [0.15, 0.2) is 0 Å². The summed E-state index contributed by atoms with van der Waals surface area (Å²) in [7, 11) is 0. The molecule has 0 aliphatic heterocycles. The summed E-state index contributed by atoms with van der Waals surface area (Å²) in [5.41, 5.74) is 8.85. The highest BCUT2D eigenvalue weighted by molar-refractivity contribution is 5.27. The Morgan fingerprint density at radius 3 is 1.86 bits per heavy atom. The van der Waals surface area contributed by atoms with Gasteiger partial charge in [0.25, 0.3) is 0 Å². The van der Waals surface area contributed by atoms with Crippen LogP contribution in [-0.4, -0.2) is 24.5 Å². The summed E-state index contributed by atoms with van der Waals surface area (Å²) in [6, 6.07) is 9.39. The first-order valence-electron chi connectivity index (χ1n) is 8.61. The maximum Gasteiger partial charge on any atom is 0.0470 e. The zero-order valence-electron chi connectivity index (χ0n) is 14.6. The number of nitrogens with two attached hydrogens (primary N) is 1. The number of nitrogens with zero attached hydrogens (tertiary/aromatic N) is 1. The summed E-state index contributed by atoms with van der Waals surface area (Å²) in [4.78, 5) is 2.54. The van der Waals surface area contributed by atoms with Gasteiger partial charge in [0, 0.05) is 19.1 Å². The zero-order valence-corrected chi connectivity index (χ0v) is 14.6. The first kappa shape index (κ1) is 18.2. The first-order valence-corrected chi connectivity index (χ1v) is 8.61. The minimum Gasteiger partial charge on any atom is -0.329 e. The molecule has 1 aromatic carbocycles. The molecule has 0 radical (unpaired) electrons. The normalized spacial score (nSPS) is 13.4. The van der Waals surface area contributed by atoms with Crippen molar-refractivity contribution in [1.82, 2.24) is 4.90 Å². The van der Waals surface area contributed by atoms with Crippen LogP contribution in [0.2, 0.25) is 0 Å². The molecule has 0 saturated carbocycles. The molecule has 0 fully saturated rings. The minimum absolute atomic E-state index is 0.344. The predicted octanol–water partition coefficient (Wildman–Crippen LogP) is 4.57. The second-order valence-corrected chi connectivity index (χ2v) is 6.34. The highest BCUT2D eigenvalue weighted by atomic mass is 15.2. The number of hydrogen-bond donors (Lipinski definition) is 1. The van der Waals surface area contributed by atoms with Crippen LogP contribution >= 0.6 is 0 Å². The van der Waals surface area contributed by atoms with Crippen molar-refractivity contribution >= 4 is 0 Å². The molecule has 1 atom stereocenters. The van der Waals surface area contributed by atoms with Crippen molar-refractivity contribution < 1.29 is 0 Å². The van der Waals surface area contributed by atoms with Crippen molar-refractivity contribution in [3.63, 3.8) is 0 Å². The molecule has 2 heteroatoms. The van der Waals surface area contributed by atoms with Gasteiger partial charge in [-0.3, -0.25) is 4.90 Å². The molecule has 0 saturated heterocycles. The maximum absolute atomic E-state index is 6.10. The van der Waals surface area contributed by atoms with E-state index in [1.807, 2.05) is 0 Å². The van der Waals surface area contributed by atoms with Crippen LogP contribution in [0, 0.1) is 5.92 Å². The summed E-state index contributed by atoms with van der Waals surface area (Å²) in [6.07, 6.45) is 2.49. The Hall–Kier alpha value is -0.860. The van der Waals surface area contributed by atoms with Crippen LogP contribution in [0.1, 0.15) is 70.5 Å². The molecule has 0 aromatic heterocycles. The lowest BCUT2D eigenvalue weighted by molar-refractivity contribution is 0.174. The lowest BCUT2D eigenvalue weighted by atomic mass is 9.96. The minimum atomic E-state index is 0.344. The van der Waals surface area contributed by atoms with Crippen molar-refractivity contribution in [1.29, 1.82) is 0 Å². The van der Waals surface area contributed by atoms with E-state index in [2.05, 4.69) is 63.8 Å². The van der Waals surface area contributed by atoms with Gasteiger partial charge in [-0.15, -0.1) is 0 Å². The van der Waals surface area contributed by atoms with Crippen LogP contribution in [0.25, 0.3) is 0 Å². The molecule has 1 rings (SSSR count). The molecule has 0 spiro atoms. The smallest absolute Gasteiger partial charge is 0.0470 e. The molecule has 0 heterocycles. The third-order valence-corrected chi connectivity index (χ3v) is 4.71. The molecule has 0 aliphatic carbocycles. The Balaban J connectivity index is 2.87. The molecular weight excluding hydrogens is 256 g/mol. The molecule has 21 heavy (non-hydrogen) atoms. The molecule has 0 aliphatic rings. The molecule has 2 N–H and O–H groups in total.